The van der Waals surface area contributed by atoms with Crippen LogP contribution in [0.4, 0.5) is 0 Å². The summed E-state index contributed by atoms with van der Waals surface area (Å²) in [6.07, 6.45) is 0. The molecule has 6 nitrogen and oxygen atoms in total. The Kier molecular flexibility index (Phi) is 5.05. The van der Waals surface area contributed by atoms with E-state index >= 15 is 0 Å². The van der Waals surface area contributed by atoms with Crippen molar-refractivity contribution < 1.29 is 29.0 Å². The first-order valence-corrected chi connectivity index (χ1v) is 5.13. The maximum absolute atomic E-state index is 11.6. The number of aromatic carboxylic acids is 1. The maximum Gasteiger partial charge on any atom is 0.339 e. The van der Waals surface area contributed by atoms with E-state index < -0.39 is 24.5 Å². The smallest absolute Gasteiger partial charge is 0.339 e. The van der Waals surface area contributed by atoms with E-state index in [1.165, 1.54) is 6.07 Å². The summed E-state index contributed by atoms with van der Waals surface area (Å²) in [5, 5.41) is 8.94. The van der Waals surface area contributed by atoms with Gasteiger partial charge in [-0.3, -0.25) is 0 Å². The van der Waals surface area contributed by atoms with Crippen molar-refractivity contribution in [2.75, 3.05) is 13.2 Å². The van der Waals surface area contributed by atoms with E-state index in [9.17, 15) is 14.4 Å². The van der Waals surface area contributed by atoms with Crippen LogP contribution in [0.15, 0.2) is 18.2 Å². The molecule has 0 fully saturated rings. The third-order valence-electron chi connectivity index (χ3n) is 2.13. The first-order chi connectivity index (χ1) is 9.01. The first-order valence-electron chi connectivity index (χ1n) is 5.13. The van der Waals surface area contributed by atoms with E-state index in [2.05, 4.69) is 9.47 Å². The zero-order chi connectivity index (χ0) is 14.4. The quantitative estimate of drug-likeness (QED) is 0.800. The molecule has 0 spiro atoms. The third kappa shape index (κ3) is 3.54. The van der Waals surface area contributed by atoms with Crippen molar-refractivity contribution in [3.63, 3.8) is 0 Å². The lowest BCUT2D eigenvalue weighted by molar-refractivity contribution is 0.0532. The highest BCUT2D eigenvalue weighted by Crippen LogP contribution is 2.15. The molecule has 0 atom stereocenters. The SMILES string of the molecule is [CH]COC(=O)c1ccc(C(=O)O)c(C(=O)OC[CH])c1. The van der Waals surface area contributed by atoms with Gasteiger partial charge >= 0.3 is 17.9 Å². The summed E-state index contributed by atoms with van der Waals surface area (Å²) in [6.45, 7) is 9.35. The zero-order valence-corrected chi connectivity index (χ0v) is 9.79. The van der Waals surface area contributed by atoms with E-state index in [-0.39, 0.29) is 23.3 Å². The molecule has 1 N–H and O–H groups in total. The lowest BCUT2D eigenvalue weighted by Gasteiger charge is -2.08. The highest BCUT2D eigenvalue weighted by atomic mass is 16.5. The summed E-state index contributed by atoms with van der Waals surface area (Å²) in [5.41, 5.74) is -0.605. The van der Waals surface area contributed by atoms with E-state index in [4.69, 9.17) is 19.0 Å². The van der Waals surface area contributed by atoms with Gasteiger partial charge in [-0.05, 0) is 18.2 Å². The van der Waals surface area contributed by atoms with Crippen molar-refractivity contribution in [2.24, 2.45) is 0 Å². The molecule has 1 aromatic rings. The lowest BCUT2D eigenvalue weighted by atomic mass is 10.0. The standard InChI is InChI=1S/C13H10O6/c1-3-18-12(16)8-5-6-9(11(14)15)10(7-8)13(17)19-4-2/h1-2,5-7H,3-4H2,(H,14,15). The molecule has 0 aliphatic carbocycles. The Bertz CT molecular complexity index is 506. The van der Waals surface area contributed by atoms with Crippen LogP contribution in [0.3, 0.4) is 0 Å². The molecule has 1 rings (SSSR count). The van der Waals surface area contributed by atoms with Gasteiger partial charge in [-0.1, -0.05) is 0 Å². The van der Waals surface area contributed by atoms with Gasteiger partial charge < -0.3 is 14.6 Å². The number of carbonyl (C=O) groups excluding carboxylic acids is 2. The molecule has 0 aliphatic rings. The molecule has 19 heavy (non-hydrogen) atoms. The molecule has 6 heteroatoms. The fourth-order valence-electron chi connectivity index (χ4n) is 1.34. The Morgan fingerprint density at radius 2 is 1.58 bits per heavy atom. The number of carboxylic acids is 1. The number of hydrogen-bond acceptors (Lipinski definition) is 5. The number of rotatable bonds is 5. The van der Waals surface area contributed by atoms with Crippen LogP contribution in [0.25, 0.3) is 0 Å². The van der Waals surface area contributed by atoms with Gasteiger partial charge in [0.1, 0.15) is 0 Å². The number of hydrogen-bond donors (Lipinski definition) is 1. The molecule has 0 heterocycles. The first kappa shape index (κ1) is 14.7. The van der Waals surface area contributed by atoms with Crippen LogP contribution in [0.1, 0.15) is 31.1 Å². The van der Waals surface area contributed by atoms with Gasteiger partial charge in [0.25, 0.3) is 0 Å². The van der Waals surface area contributed by atoms with Gasteiger partial charge in [0.2, 0.25) is 0 Å². The van der Waals surface area contributed by atoms with Crippen molar-refractivity contribution in [1.29, 1.82) is 0 Å². The van der Waals surface area contributed by atoms with Gasteiger partial charge in [-0.15, -0.1) is 0 Å². The van der Waals surface area contributed by atoms with Crippen LogP contribution in [-0.4, -0.2) is 36.2 Å². The molecular formula is C13H10O6. The Hall–Kier alpha value is -2.37. The highest BCUT2D eigenvalue weighted by Gasteiger charge is 2.20. The predicted octanol–water partition coefficient (Wildman–Crippen LogP) is 1.12. The van der Waals surface area contributed by atoms with E-state index in [0.717, 1.165) is 12.1 Å². The topological polar surface area (TPSA) is 89.9 Å². The zero-order valence-electron chi connectivity index (χ0n) is 9.79. The third-order valence-corrected chi connectivity index (χ3v) is 2.13. The molecule has 0 bridgehead atoms. The van der Waals surface area contributed by atoms with Gasteiger partial charge in [0, 0.05) is 13.8 Å². The number of benzene rings is 1. The van der Waals surface area contributed by atoms with E-state index in [1.54, 1.807) is 0 Å². The van der Waals surface area contributed by atoms with Gasteiger partial charge in [-0.2, -0.15) is 0 Å². The van der Waals surface area contributed by atoms with Crippen LogP contribution in [0.5, 0.6) is 0 Å². The Morgan fingerprint density at radius 3 is 2.11 bits per heavy atom. The molecule has 0 unspecified atom stereocenters. The fourth-order valence-corrected chi connectivity index (χ4v) is 1.34. The Balaban J connectivity index is 3.22. The molecule has 98 valence electrons. The van der Waals surface area contributed by atoms with Crippen LogP contribution in [-0.2, 0) is 9.47 Å². The van der Waals surface area contributed by atoms with Crippen LogP contribution < -0.4 is 0 Å². The predicted molar refractivity (Wildman–Crippen MR) is 62.6 cm³/mol. The van der Waals surface area contributed by atoms with Crippen molar-refractivity contribution in [2.45, 2.75) is 0 Å². The largest absolute Gasteiger partial charge is 0.478 e. The summed E-state index contributed by atoms with van der Waals surface area (Å²) in [4.78, 5) is 34.0. The van der Waals surface area contributed by atoms with Crippen LogP contribution in [0.2, 0.25) is 0 Å². The van der Waals surface area contributed by atoms with Gasteiger partial charge in [0.05, 0.1) is 29.9 Å². The van der Waals surface area contributed by atoms with Crippen molar-refractivity contribution in [3.05, 3.63) is 48.7 Å². The van der Waals surface area contributed by atoms with Gasteiger partial charge in [-0.25, -0.2) is 14.4 Å². The molecule has 0 saturated carbocycles. The second-order valence-electron chi connectivity index (χ2n) is 3.26. The lowest BCUT2D eigenvalue weighted by Crippen LogP contribution is -2.14. The molecule has 0 aliphatic heterocycles. The Labute approximate surface area is 109 Å². The second-order valence-corrected chi connectivity index (χ2v) is 3.26. The van der Waals surface area contributed by atoms with E-state index in [1.807, 2.05) is 0 Å². The maximum atomic E-state index is 11.6. The average Bonchev–Trinajstić information content (AvgIpc) is 2.38. The number of esters is 2. The number of carboxylic acid groups (broad SMARTS) is 1. The van der Waals surface area contributed by atoms with Gasteiger partial charge in [0.15, 0.2) is 0 Å². The molecule has 1 aromatic carbocycles. The Morgan fingerprint density at radius 1 is 1.00 bits per heavy atom. The minimum atomic E-state index is -1.33. The summed E-state index contributed by atoms with van der Waals surface area (Å²) in [7, 11) is 0. The van der Waals surface area contributed by atoms with Crippen molar-refractivity contribution in [1.82, 2.24) is 0 Å². The molecule has 0 aromatic heterocycles. The monoisotopic (exact) mass is 262 g/mol. The van der Waals surface area contributed by atoms with Crippen LogP contribution >= 0.6 is 0 Å². The molecule has 0 amide bonds. The second kappa shape index (κ2) is 6.53. The summed E-state index contributed by atoms with van der Waals surface area (Å²) in [6, 6.07) is 3.36. The molecule has 0 saturated heterocycles. The van der Waals surface area contributed by atoms with Crippen LogP contribution in [0, 0.1) is 13.8 Å². The van der Waals surface area contributed by atoms with E-state index in [0.29, 0.717) is 0 Å². The molecule has 4 radical (unpaired) electrons. The summed E-state index contributed by atoms with van der Waals surface area (Å²) >= 11 is 0. The average molecular weight is 262 g/mol. The number of carbonyl (C=O) groups is 3. The number of ether oxygens (including phenoxy) is 2. The summed E-state index contributed by atoms with van der Waals surface area (Å²) < 4.78 is 9.05. The molecular weight excluding hydrogens is 252 g/mol. The minimum Gasteiger partial charge on any atom is -0.478 e. The normalized spacial score (nSPS) is 9.79. The fraction of sp³-hybridized carbons (Fsp3) is 0.154. The minimum absolute atomic E-state index is 0.0144. The van der Waals surface area contributed by atoms with Crippen molar-refractivity contribution in [3.8, 4) is 0 Å². The van der Waals surface area contributed by atoms with Crippen molar-refractivity contribution >= 4 is 17.9 Å². The summed E-state index contributed by atoms with van der Waals surface area (Å²) in [5.74, 6) is -3.05. The highest BCUT2D eigenvalue weighted by molar-refractivity contribution is 6.04.